The van der Waals surface area contributed by atoms with Gasteiger partial charge in [-0.15, -0.1) is 0 Å². The Balaban J connectivity index is 1.88. The Kier molecular flexibility index (Phi) is 10.2. The number of amides is 3. The van der Waals surface area contributed by atoms with Gasteiger partial charge in [0.2, 0.25) is 0 Å². The first-order valence-electron chi connectivity index (χ1n) is 12.4. The Morgan fingerprint density at radius 1 is 0.711 bits per heavy atom. The SMILES string of the molecule is CCN(CC)CCNC(=O)c1ccc(NC(=O)c2ccccc2OC)cc1NC(=O)c1ccccc1OC. The summed E-state index contributed by atoms with van der Waals surface area (Å²) in [5, 5.41) is 8.54. The number of carbonyl (C=O) groups excluding carboxylic acids is 3. The third-order valence-electron chi connectivity index (χ3n) is 6.08. The minimum absolute atomic E-state index is 0.249. The van der Waals surface area contributed by atoms with E-state index in [-0.39, 0.29) is 23.1 Å². The van der Waals surface area contributed by atoms with Crippen molar-refractivity contribution in [1.29, 1.82) is 0 Å². The van der Waals surface area contributed by atoms with Crippen molar-refractivity contribution in [1.82, 2.24) is 10.2 Å². The number of methoxy groups -OCH3 is 2. The molecule has 9 heteroatoms. The molecule has 9 nitrogen and oxygen atoms in total. The first kappa shape index (κ1) is 28.2. The second-order valence-corrected chi connectivity index (χ2v) is 8.35. The second kappa shape index (κ2) is 13.8. The number of likely N-dealkylation sites (N-methyl/N-ethyl adjacent to an activating group) is 1. The van der Waals surface area contributed by atoms with Gasteiger partial charge in [0, 0.05) is 18.8 Å². The highest BCUT2D eigenvalue weighted by atomic mass is 16.5. The van der Waals surface area contributed by atoms with Crippen LogP contribution in [0.1, 0.15) is 44.9 Å². The van der Waals surface area contributed by atoms with Crippen molar-refractivity contribution >= 4 is 29.1 Å². The summed E-state index contributed by atoms with van der Waals surface area (Å²) in [7, 11) is 2.97. The number of rotatable bonds is 12. The Bertz CT molecular complexity index is 1270. The summed E-state index contributed by atoms with van der Waals surface area (Å²) in [6, 6.07) is 18.4. The predicted octanol–water partition coefficient (Wildman–Crippen LogP) is 4.28. The first-order valence-corrected chi connectivity index (χ1v) is 12.4. The van der Waals surface area contributed by atoms with Crippen molar-refractivity contribution < 1.29 is 23.9 Å². The molecule has 0 atom stereocenters. The summed E-state index contributed by atoms with van der Waals surface area (Å²) >= 11 is 0. The molecule has 3 amide bonds. The number of ether oxygens (including phenoxy) is 2. The molecule has 0 saturated carbocycles. The van der Waals surface area contributed by atoms with Crippen LogP contribution in [0.3, 0.4) is 0 Å². The van der Waals surface area contributed by atoms with Crippen molar-refractivity contribution in [3.8, 4) is 11.5 Å². The van der Waals surface area contributed by atoms with Crippen LogP contribution in [0.4, 0.5) is 11.4 Å². The zero-order valence-corrected chi connectivity index (χ0v) is 22.2. The van der Waals surface area contributed by atoms with Crippen LogP contribution in [0.15, 0.2) is 66.7 Å². The molecule has 0 aliphatic carbocycles. The van der Waals surface area contributed by atoms with E-state index in [9.17, 15) is 14.4 Å². The Hall–Kier alpha value is -4.37. The maximum atomic E-state index is 13.2. The molecule has 3 N–H and O–H groups in total. The van der Waals surface area contributed by atoms with Crippen LogP contribution in [0.5, 0.6) is 11.5 Å². The lowest BCUT2D eigenvalue weighted by Gasteiger charge is -2.19. The molecule has 0 radical (unpaired) electrons. The highest BCUT2D eigenvalue weighted by Gasteiger charge is 2.19. The number of hydrogen-bond donors (Lipinski definition) is 3. The van der Waals surface area contributed by atoms with Crippen LogP contribution < -0.4 is 25.4 Å². The second-order valence-electron chi connectivity index (χ2n) is 8.35. The number of nitrogens with one attached hydrogen (secondary N) is 3. The van der Waals surface area contributed by atoms with Gasteiger partial charge in [0.05, 0.1) is 36.6 Å². The molecule has 200 valence electrons. The number of anilines is 2. The third kappa shape index (κ3) is 7.10. The lowest BCUT2D eigenvalue weighted by molar-refractivity contribution is 0.0949. The van der Waals surface area contributed by atoms with Gasteiger partial charge in [-0.1, -0.05) is 38.1 Å². The van der Waals surface area contributed by atoms with Crippen LogP contribution in [0, 0.1) is 0 Å². The molecule has 3 rings (SSSR count). The number of hydrogen-bond acceptors (Lipinski definition) is 6. The number of benzene rings is 3. The molecule has 0 aliphatic heterocycles. The van der Waals surface area contributed by atoms with Crippen molar-refractivity contribution in [2.45, 2.75) is 13.8 Å². The molecule has 0 fully saturated rings. The maximum absolute atomic E-state index is 13.2. The number of nitrogens with zero attached hydrogens (tertiary/aromatic N) is 1. The van der Waals surface area contributed by atoms with Gasteiger partial charge in [-0.2, -0.15) is 0 Å². The van der Waals surface area contributed by atoms with E-state index in [0.29, 0.717) is 41.4 Å². The van der Waals surface area contributed by atoms with E-state index in [1.54, 1.807) is 66.7 Å². The van der Waals surface area contributed by atoms with E-state index in [4.69, 9.17) is 9.47 Å². The average molecular weight is 519 g/mol. The monoisotopic (exact) mass is 518 g/mol. The molecule has 0 saturated heterocycles. The molecule has 3 aromatic rings. The van der Waals surface area contributed by atoms with Crippen LogP contribution in [-0.2, 0) is 0 Å². The summed E-state index contributed by atoms with van der Waals surface area (Å²) in [6.07, 6.45) is 0. The van der Waals surface area contributed by atoms with Gasteiger partial charge in [-0.05, 0) is 55.6 Å². The van der Waals surface area contributed by atoms with E-state index < -0.39 is 5.91 Å². The molecule has 38 heavy (non-hydrogen) atoms. The van der Waals surface area contributed by atoms with Gasteiger partial charge in [0.25, 0.3) is 17.7 Å². The summed E-state index contributed by atoms with van der Waals surface area (Å²) in [4.78, 5) is 41.4. The molecule has 0 bridgehead atoms. The zero-order valence-electron chi connectivity index (χ0n) is 22.2. The molecular weight excluding hydrogens is 484 g/mol. The van der Waals surface area contributed by atoms with Crippen molar-refractivity contribution in [2.75, 3.05) is 51.0 Å². The fraction of sp³-hybridized carbons (Fsp3) is 0.276. The molecule has 0 aromatic heterocycles. The van der Waals surface area contributed by atoms with Gasteiger partial charge < -0.3 is 30.3 Å². The Morgan fingerprint density at radius 2 is 1.26 bits per heavy atom. The fourth-order valence-electron chi connectivity index (χ4n) is 3.94. The molecule has 3 aromatic carbocycles. The van der Waals surface area contributed by atoms with E-state index >= 15 is 0 Å². The molecule has 0 heterocycles. The third-order valence-corrected chi connectivity index (χ3v) is 6.08. The highest BCUT2D eigenvalue weighted by Crippen LogP contribution is 2.26. The zero-order chi connectivity index (χ0) is 27.5. The average Bonchev–Trinajstić information content (AvgIpc) is 2.95. The Labute approximate surface area is 223 Å². The lowest BCUT2D eigenvalue weighted by atomic mass is 10.1. The normalized spacial score (nSPS) is 10.6. The van der Waals surface area contributed by atoms with E-state index in [1.165, 1.54) is 14.2 Å². The minimum atomic E-state index is -0.451. The number of carbonyl (C=O) groups is 3. The van der Waals surface area contributed by atoms with Crippen molar-refractivity contribution in [3.05, 3.63) is 83.4 Å². The van der Waals surface area contributed by atoms with Crippen LogP contribution in [0.25, 0.3) is 0 Å². The van der Waals surface area contributed by atoms with Gasteiger partial charge in [-0.25, -0.2) is 0 Å². The summed E-state index contributed by atoms with van der Waals surface area (Å²) in [5.74, 6) is -0.349. The quantitative estimate of drug-likeness (QED) is 0.330. The highest BCUT2D eigenvalue weighted by molar-refractivity contribution is 6.11. The summed E-state index contributed by atoms with van der Waals surface area (Å²) in [5.41, 5.74) is 1.58. The van der Waals surface area contributed by atoms with Crippen LogP contribution in [0.2, 0.25) is 0 Å². The summed E-state index contributed by atoms with van der Waals surface area (Å²) in [6.45, 7) is 7.05. The predicted molar refractivity (Wildman–Crippen MR) is 148 cm³/mol. The topological polar surface area (TPSA) is 109 Å². The standard InChI is InChI=1S/C29H34N4O5/c1-5-33(6-2)18-17-30-27(34)21-16-15-20(31-28(35)22-11-7-9-13-25(22)37-3)19-24(21)32-29(36)23-12-8-10-14-26(23)38-4/h7-16,19H,5-6,17-18H2,1-4H3,(H,30,34)(H,31,35)(H,32,36). The first-order chi connectivity index (χ1) is 18.4. The van der Waals surface area contributed by atoms with Crippen LogP contribution >= 0.6 is 0 Å². The van der Waals surface area contributed by atoms with Gasteiger partial charge >= 0.3 is 0 Å². The minimum Gasteiger partial charge on any atom is -0.496 e. The van der Waals surface area contributed by atoms with E-state index in [1.807, 2.05) is 0 Å². The molecule has 0 aliphatic rings. The molecular formula is C29H34N4O5. The lowest BCUT2D eigenvalue weighted by Crippen LogP contribution is -2.35. The number of para-hydroxylation sites is 2. The Morgan fingerprint density at radius 3 is 1.82 bits per heavy atom. The fourth-order valence-corrected chi connectivity index (χ4v) is 3.94. The van der Waals surface area contributed by atoms with Crippen LogP contribution in [-0.4, -0.2) is 63.0 Å². The van der Waals surface area contributed by atoms with E-state index in [0.717, 1.165) is 13.1 Å². The van der Waals surface area contributed by atoms with Crippen molar-refractivity contribution in [3.63, 3.8) is 0 Å². The van der Waals surface area contributed by atoms with Gasteiger partial charge in [0.1, 0.15) is 11.5 Å². The smallest absolute Gasteiger partial charge is 0.259 e. The molecule has 0 unspecified atom stereocenters. The maximum Gasteiger partial charge on any atom is 0.259 e. The van der Waals surface area contributed by atoms with Gasteiger partial charge in [0.15, 0.2) is 0 Å². The largest absolute Gasteiger partial charge is 0.496 e. The molecule has 0 spiro atoms. The summed E-state index contributed by atoms with van der Waals surface area (Å²) < 4.78 is 10.6. The van der Waals surface area contributed by atoms with Crippen molar-refractivity contribution in [2.24, 2.45) is 0 Å². The van der Waals surface area contributed by atoms with Gasteiger partial charge in [-0.3, -0.25) is 14.4 Å². The van der Waals surface area contributed by atoms with E-state index in [2.05, 4.69) is 34.7 Å².